The van der Waals surface area contributed by atoms with Crippen LogP contribution < -0.4 is 10.6 Å². The molecule has 2 rings (SSSR count). The average Bonchev–Trinajstić information content (AvgIpc) is 2.30. The van der Waals surface area contributed by atoms with E-state index in [1.165, 1.54) is 5.56 Å². The Morgan fingerprint density at radius 2 is 2.12 bits per heavy atom. The third kappa shape index (κ3) is 2.33. The van der Waals surface area contributed by atoms with Gasteiger partial charge in [0.2, 0.25) is 5.91 Å². The SMILES string of the molecule is CNC(C)(C)c1ccc2c(c1)SC(C)C(=O)N2. The zero-order valence-corrected chi connectivity index (χ0v) is 11.4. The zero-order chi connectivity index (χ0) is 12.6. The molecule has 0 spiro atoms. The summed E-state index contributed by atoms with van der Waals surface area (Å²) in [6, 6.07) is 6.21. The van der Waals surface area contributed by atoms with Crippen molar-refractivity contribution in [3.63, 3.8) is 0 Å². The van der Waals surface area contributed by atoms with Crippen LogP contribution in [0.1, 0.15) is 26.3 Å². The third-order valence-corrected chi connectivity index (χ3v) is 4.42. The summed E-state index contributed by atoms with van der Waals surface area (Å²) in [4.78, 5) is 12.7. The van der Waals surface area contributed by atoms with Crippen molar-refractivity contribution in [2.24, 2.45) is 0 Å². The van der Waals surface area contributed by atoms with Gasteiger partial charge in [0.05, 0.1) is 10.9 Å². The quantitative estimate of drug-likeness (QED) is 0.847. The number of fused-ring (bicyclic) bond motifs is 1. The highest BCUT2D eigenvalue weighted by molar-refractivity contribution is 8.00. The Labute approximate surface area is 106 Å². The van der Waals surface area contributed by atoms with Crippen LogP contribution in [0.3, 0.4) is 0 Å². The maximum absolute atomic E-state index is 11.6. The highest BCUT2D eigenvalue weighted by atomic mass is 32.2. The Hall–Kier alpha value is -1.00. The van der Waals surface area contributed by atoms with E-state index in [0.717, 1.165) is 10.6 Å². The lowest BCUT2D eigenvalue weighted by Gasteiger charge is -2.28. The van der Waals surface area contributed by atoms with Crippen LogP contribution in [-0.4, -0.2) is 18.2 Å². The number of thioether (sulfide) groups is 1. The van der Waals surface area contributed by atoms with Gasteiger partial charge >= 0.3 is 0 Å². The summed E-state index contributed by atoms with van der Waals surface area (Å²) < 4.78 is 0. The highest BCUT2D eigenvalue weighted by Crippen LogP contribution is 2.37. The molecule has 0 radical (unpaired) electrons. The second-order valence-electron chi connectivity index (χ2n) is 4.84. The molecule has 3 nitrogen and oxygen atoms in total. The molecule has 1 heterocycles. The first-order chi connectivity index (χ1) is 7.94. The number of benzene rings is 1. The lowest BCUT2D eigenvalue weighted by atomic mass is 9.94. The minimum Gasteiger partial charge on any atom is -0.324 e. The molecule has 0 aliphatic carbocycles. The first-order valence-corrected chi connectivity index (χ1v) is 6.63. The zero-order valence-electron chi connectivity index (χ0n) is 10.6. The normalized spacial score (nSPS) is 19.8. The van der Waals surface area contributed by atoms with Crippen molar-refractivity contribution in [1.29, 1.82) is 0 Å². The van der Waals surface area contributed by atoms with Crippen molar-refractivity contribution in [1.82, 2.24) is 5.32 Å². The molecule has 0 aromatic heterocycles. The minimum absolute atomic E-state index is 0.0181. The molecule has 0 saturated carbocycles. The first kappa shape index (κ1) is 12.5. The minimum atomic E-state index is -0.0553. The van der Waals surface area contributed by atoms with Crippen LogP contribution in [0, 0.1) is 0 Å². The van der Waals surface area contributed by atoms with Crippen LogP contribution in [0.5, 0.6) is 0 Å². The Bertz CT molecular complexity index is 457. The molecule has 92 valence electrons. The van der Waals surface area contributed by atoms with Gasteiger partial charge in [0.1, 0.15) is 0 Å². The Morgan fingerprint density at radius 3 is 2.76 bits per heavy atom. The molecule has 0 bridgehead atoms. The van der Waals surface area contributed by atoms with E-state index in [-0.39, 0.29) is 16.7 Å². The Morgan fingerprint density at radius 1 is 1.41 bits per heavy atom. The first-order valence-electron chi connectivity index (χ1n) is 5.75. The van der Waals surface area contributed by atoms with Gasteiger partial charge in [0.15, 0.2) is 0 Å². The second kappa shape index (κ2) is 4.35. The summed E-state index contributed by atoms with van der Waals surface area (Å²) in [7, 11) is 1.96. The van der Waals surface area contributed by atoms with E-state index in [2.05, 4.69) is 36.6 Å². The van der Waals surface area contributed by atoms with Crippen LogP contribution >= 0.6 is 11.8 Å². The van der Waals surface area contributed by atoms with Gasteiger partial charge in [-0.2, -0.15) is 0 Å². The molecular weight excluding hydrogens is 232 g/mol. The predicted octanol–water partition coefficient (Wildman–Crippen LogP) is 2.57. The fraction of sp³-hybridized carbons (Fsp3) is 0.462. The second-order valence-corrected chi connectivity index (χ2v) is 6.22. The van der Waals surface area contributed by atoms with Gasteiger partial charge in [-0.1, -0.05) is 6.07 Å². The topological polar surface area (TPSA) is 41.1 Å². The van der Waals surface area contributed by atoms with Gasteiger partial charge in [0.25, 0.3) is 0 Å². The van der Waals surface area contributed by atoms with E-state index in [0.29, 0.717) is 0 Å². The van der Waals surface area contributed by atoms with Gasteiger partial charge < -0.3 is 10.6 Å². The number of hydrogen-bond acceptors (Lipinski definition) is 3. The summed E-state index contributed by atoms with van der Waals surface area (Å²) in [5.41, 5.74) is 2.10. The summed E-state index contributed by atoms with van der Waals surface area (Å²) in [5, 5.41) is 6.20. The summed E-state index contributed by atoms with van der Waals surface area (Å²) in [6.07, 6.45) is 0. The molecule has 4 heteroatoms. The van der Waals surface area contributed by atoms with Gasteiger partial charge in [-0.25, -0.2) is 0 Å². The van der Waals surface area contributed by atoms with E-state index in [1.807, 2.05) is 20.0 Å². The summed E-state index contributed by atoms with van der Waals surface area (Å²) >= 11 is 1.62. The molecule has 1 aliphatic heterocycles. The Balaban J connectivity index is 2.38. The lowest BCUT2D eigenvalue weighted by molar-refractivity contribution is -0.115. The molecule has 1 aromatic carbocycles. The van der Waals surface area contributed by atoms with Crippen LogP contribution in [0.4, 0.5) is 5.69 Å². The standard InChI is InChI=1S/C13H18N2OS/c1-8-12(16)15-10-6-5-9(7-11(10)17-8)13(2,3)14-4/h5-8,14H,1-4H3,(H,15,16). The molecule has 0 fully saturated rings. The Kier molecular flexibility index (Phi) is 3.19. The van der Waals surface area contributed by atoms with Gasteiger partial charge in [-0.05, 0) is 45.5 Å². The van der Waals surface area contributed by atoms with Gasteiger partial charge in [-0.15, -0.1) is 11.8 Å². The molecule has 1 aromatic rings. The van der Waals surface area contributed by atoms with Crippen molar-refractivity contribution in [2.75, 3.05) is 12.4 Å². The monoisotopic (exact) mass is 250 g/mol. The number of carbonyl (C=O) groups excluding carboxylic acids is 1. The predicted molar refractivity (Wildman–Crippen MR) is 72.5 cm³/mol. The lowest BCUT2D eigenvalue weighted by Crippen LogP contribution is -2.33. The van der Waals surface area contributed by atoms with Gasteiger partial charge in [0, 0.05) is 10.4 Å². The van der Waals surface area contributed by atoms with E-state index >= 15 is 0 Å². The maximum atomic E-state index is 11.6. The van der Waals surface area contributed by atoms with E-state index in [4.69, 9.17) is 0 Å². The fourth-order valence-corrected chi connectivity index (χ4v) is 2.72. The van der Waals surface area contributed by atoms with Crippen LogP contribution in [0.2, 0.25) is 0 Å². The highest BCUT2D eigenvalue weighted by Gasteiger charge is 2.25. The molecule has 0 saturated heterocycles. The van der Waals surface area contributed by atoms with Crippen molar-refractivity contribution >= 4 is 23.4 Å². The molecule has 1 amide bonds. The third-order valence-electron chi connectivity index (χ3n) is 3.26. The average molecular weight is 250 g/mol. The van der Waals surface area contributed by atoms with Crippen molar-refractivity contribution in [3.05, 3.63) is 23.8 Å². The summed E-state index contributed by atoms with van der Waals surface area (Å²) in [5.74, 6) is 0.0862. The molecule has 1 aliphatic rings. The number of nitrogens with one attached hydrogen (secondary N) is 2. The molecular formula is C13H18N2OS. The largest absolute Gasteiger partial charge is 0.324 e. The van der Waals surface area contributed by atoms with E-state index in [1.54, 1.807) is 11.8 Å². The number of hydrogen-bond donors (Lipinski definition) is 2. The van der Waals surface area contributed by atoms with Crippen molar-refractivity contribution in [3.8, 4) is 0 Å². The number of rotatable bonds is 2. The maximum Gasteiger partial charge on any atom is 0.237 e. The van der Waals surface area contributed by atoms with Crippen molar-refractivity contribution < 1.29 is 4.79 Å². The van der Waals surface area contributed by atoms with Crippen LogP contribution in [0.15, 0.2) is 23.1 Å². The molecule has 1 unspecified atom stereocenters. The molecule has 1 atom stereocenters. The summed E-state index contributed by atoms with van der Waals surface area (Å²) in [6.45, 7) is 6.22. The molecule has 17 heavy (non-hydrogen) atoms. The fourth-order valence-electron chi connectivity index (χ4n) is 1.73. The van der Waals surface area contributed by atoms with Crippen LogP contribution in [-0.2, 0) is 10.3 Å². The van der Waals surface area contributed by atoms with Gasteiger partial charge in [-0.3, -0.25) is 4.79 Å². The van der Waals surface area contributed by atoms with E-state index < -0.39 is 0 Å². The van der Waals surface area contributed by atoms with Crippen molar-refractivity contribution in [2.45, 2.75) is 36.5 Å². The number of carbonyl (C=O) groups is 1. The number of amides is 1. The van der Waals surface area contributed by atoms with E-state index in [9.17, 15) is 4.79 Å². The number of anilines is 1. The molecule has 2 N–H and O–H groups in total. The smallest absolute Gasteiger partial charge is 0.237 e. The van der Waals surface area contributed by atoms with Crippen LogP contribution in [0.25, 0.3) is 0 Å².